The Labute approximate surface area is 118 Å². The number of benzene rings is 1. The van der Waals surface area contributed by atoms with Crippen LogP contribution in [0, 0.1) is 5.92 Å². The molecule has 2 atom stereocenters. The number of hydrogen-bond donors (Lipinski definition) is 1. The SMILES string of the molecule is C[C@@H]1CCN(C(=O)OCc2ccccc2)C(C(=O)O)C1. The monoisotopic (exact) mass is 277 g/mol. The minimum atomic E-state index is -0.965. The van der Waals surface area contributed by atoms with Crippen LogP contribution in [0.2, 0.25) is 0 Å². The highest BCUT2D eigenvalue weighted by Crippen LogP contribution is 2.23. The van der Waals surface area contributed by atoms with Crippen molar-refractivity contribution in [2.75, 3.05) is 6.54 Å². The number of carbonyl (C=O) groups excluding carboxylic acids is 1. The van der Waals surface area contributed by atoms with Crippen molar-refractivity contribution in [2.45, 2.75) is 32.4 Å². The highest BCUT2D eigenvalue weighted by Gasteiger charge is 2.35. The number of ether oxygens (including phenoxy) is 1. The third kappa shape index (κ3) is 3.50. The van der Waals surface area contributed by atoms with E-state index in [0.29, 0.717) is 18.9 Å². The van der Waals surface area contributed by atoms with Gasteiger partial charge in [0, 0.05) is 6.54 Å². The topological polar surface area (TPSA) is 66.8 Å². The van der Waals surface area contributed by atoms with Crippen LogP contribution in [0.25, 0.3) is 0 Å². The standard InChI is InChI=1S/C15H19NO4/c1-11-7-8-16(13(9-11)14(17)18)15(19)20-10-12-5-3-2-4-6-12/h2-6,11,13H,7-10H2,1H3,(H,17,18)/t11-,13?/m1/s1. The maximum atomic E-state index is 12.0. The first-order valence-electron chi connectivity index (χ1n) is 6.78. The van der Waals surface area contributed by atoms with E-state index >= 15 is 0 Å². The van der Waals surface area contributed by atoms with Gasteiger partial charge in [-0.05, 0) is 24.3 Å². The summed E-state index contributed by atoms with van der Waals surface area (Å²) in [6.45, 7) is 2.60. The molecule has 0 aromatic heterocycles. The van der Waals surface area contributed by atoms with Gasteiger partial charge in [0.05, 0.1) is 0 Å². The average molecular weight is 277 g/mol. The van der Waals surface area contributed by atoms with Crippen LogP contribution in [0.15, 0.2) is 30.3 Å². The minimum Gasteiger partial charge on any atom is -0.480 e. The van der Waals surface area contributed by atoms with Crippen molar-refractivity contribution in [3.8, 4) is 0 Å². The summed E-state index contributed by atoms with van der Waals surface area (Å²) < 4.78 is 5.21. The molecule has 5 nitrogen and oxygen atoms in total. The first-order chi connectivity index (χ1) is 9.58. The smallest absolute Gasteiger partial charge is 0.410 e. The van der Waals surface area contributed by atoms with Gasteiger partial charge in [-0.2, -0.15) is 0 Å². The lowest BCUT2D eigenvalue weighted by atomic mass is 9.93. The molecule has 0 spiro atoms. The van der Waals surface area contributed by atoms with Gasteiger partial charge in [-0.25, -0.2) is 9.59 Å². The third-order valence-electron chi connectivity index (χ3n) is 3.59. The summed E-state index contributed by atoms with van der Waals surface area (Å²) in [6.07, 6.45) is 0.744. The molecule has 1 saturated heterocycles. The van der Waals surface area contributed by atoms with E-state index in [4.69, 9.17) is 4.74 Å². The number of nitrogens with zero attached hydrogens (tertiary/aromatic N) is 1. The molecular formula is C15H19NO4. The molecule has 1 aromatic carbocycles. The predicted molar refractivity (Wildman–Crippen MR) is 73.2 cm³/mol. The molecule has 1 aliphatic heterocycles. The summed E-state index contributed by atoms with van der Waals surface area (Å²) in [5.74, 6) is -0.650. The lowest BCUT2D eigenvalue weighted by Gasteiger charge is -2.35. The van der Waals surface area contributed by atoms with Gasteiger partial charge < -0.3 is 9.84 Å². The highest BCUT2D eigenvalue weighted by molar-refractivity contribution is 5.80. The van der Waals surface area contributed by atoms with E-state index in [1.807, 2.05) is 37.3 Å². The van der Waals surface area contributed by atoms with E-state index < -0.39 is 18.1 Å². The summed E-state index contributed by atoms with van der Waals surface area (Å²) in [6, 6.07) is 8.57. The summed E-state index contributed by atoms with van der Waals surface area (Å²) in [5, 5.41) is 9.21. The number of hydrogen-bond acceptors (Lipinski definition) is 3. The molecule has 5 heteroatoms. The van der Waals surface area contributed by atoms with Gasteiger partial charge in [0.15, 0.2) is 0 Å². The molecule has 1 amide bonds. The number of carboxylic acids is 1. The zero-order valence-corrected chi connectivity index (χ0v) is 11.5. The molecule has 20 heavy (non-hydrogen) atoms. The quantitative estimate of drug-likeness (QED) is 0.921. The van der Waals surface area contributed by atoms with Gasteiger partial charge in [0.25, 0.3) is 0 Å². The number of likely N-dealkylation sites (tertiary alicyclic amines) is 1. The van der Waals surface area contributed by atoms with E-state index in [1.165, 1.54) is 4.90 Å². The summed E-state index contributed by atoms with van der Waals surface area (Å²) in [4.78, 5) is 24.6. The maximum absolute atomic E-state index is 12.0. The molecule has 1 aliphatic rings. The fraction of sp³-hybridized carbons (Fsp3) is 0.467. The number of carbonyl (C=O) groups is 2. The molecule has 1 heterocycles. The number of aliphatic carboxylic acids is 1. The van der Waals surface area contributed by atoms with Gasteiger partial charge in [-0.1, -0.05) is 37.3 Å². The number of piperidine rings is 1. The van der Waals surface area contributed by atoms with Crippen molar-refractivity contribution in [2.24, 2.45) is 5.92 Å². The third-order valence-corrected chi connectivity index (χ3v) is 3.59. The van der Waals surface area contributed by atoms with Crippen LogP contribution in [0.5, 0.6) is 0 Å². The molecule has 0 radical (unpaired) electrons. The van der Waals surface area contributed by atoms with Gasteiger partial charge in [0.2, 0.25) is 0 Å². The molecule has 1 unspecified atom stereocenters. The molecule has 1 N–H and O–H groups in total. The van der Waals surface area contributed by atoms with Crippen molar-refractivity contribution >= 4 is 12.1 Å². The van der Waals surface area contributed by atoms with E-state index in [2.05, 4.69) is 0 Å². The Bertz CT molecular complexity index is 474. The van der Waals surface area contributed by atoms with Gasteiger partial charge in [-0.15, -0.1) is 0 Å². The van der Waals surface area contributed by atoms with Crippen molar-refractivity contribution in [1.82, 2.24) is 4.90 Å². The molecule has 0 bridgehead atoms. The minimum absolute atomic E-state index is 0.165. The second-order valence-electron chi connectivity index (χ2n) is 5.22. The van der Waals surface area contributed by atoms with E-state index in [-0.39, 0.29) is 6.61 Å². The molecule has 2 rings (SSSR count). The Morgan fingerprint density at radius 2 is 2.05 bits per heavy atom. The molecular weight excluding hydrogens is 258 g/mol. The van der Waals surface area contributed by atoms with E-state index in [1.54, 1.807) is 0 Å². The summed E-state index contributed by atoms with van der Waals surface area (Å²) in [7, 11) is 0. The number of amides is 1. The molecule has 1 fully saturated rings. The summed E-state index contributed by atoms with van der Waals surface area (Å²) >= 11 is 0. The van der Waals surface area contributed by atoms with Crippen LogP contribution in [0.1, 0.15) is 25.3 Å². The first-order valence-corrected chi connectivity index (χ1v) is 6.78. The van der Waals surface area contributed by atoms with E-state index in [0.717, 1.165) is 12.0 Å². The van der Waals surface area contributed by atoms with Gasteiger partial charge in [0.1, 0.15) is 12.6 Å². The van der Waals surface area contributed by atoms with Gasteiger partial charge >= 0.3 is 12.1 Å². The Hall–Kier alpha value is -2.04. The first kappa shape index (κ1) is 14.4. The largest absolute Gasteiger partial charge is 0.480 e. The lowest BCUT2D eigenvalue weighted by molar-refractivity contribution is -0.144. The molecule has 1 aromatic rings. The van der Waals surface area contributed by atoms with Crippen LogP contribution in [-0.4, -0.2) is 34.7 Å². The van der Waals surface area contributed by atoms with Crippen LogP contribution in [-0.2, 0) is 16.1 Å². The van der Waals surface area contributed by atoms with Crippen molar-refractivity contribution in [1.29, 1.82) is 0 Å². The fourth-order valence-electron chi connectivity index (χ4n) is 2.40. The zero-order chi connectivity index (χ0) is 14.5. The maximum Gasteiger partial charge on any atom is 0.410 e. The fourth-order valence-corrected chi connectivity index (χ4v) is 2.40. The molecule has 108 valence electrons. The van der Waals surface area contributed by atoms with Crippen molar-refractivity contribution in [3.05, 3.63) is 35.9 Å². The predicted octanol–water partition coefficient (Wildman–Crippen LogP) is 2.51. The second-order valence-corrected chi connectivity index (χ2v) is 5.22. The van der Waals surface area contributed by atoms with Crippen molar-refractivity contribution in [3.63, 3.8) is 0 Å². The van der Waals surface area contributed by atoms with Gasteiger partial charge in [-0.3, -0.25) is 4.90 Å². The number of rotatable bonds is 3. The average Bonchev–Trinajstić information content (AvgIpc) is 2.45. The van der Waals surface area contributed by atoms with Crippen LogP contribution in [0.4, 0.5) is 4.79 Å². The zero-order valence-electron chi connectivity index (χ0n) is 11.5. The molecule has 0 saturated carbocycles. The van der Waals surface area contributed by atoms with Crippen LogP contribution in [0.3, 0.4) is 0 Å². The number of carboxylic acid groups (broad SMARTS) is 1. The van der Waals surface area contributed by atoms with Crippen LogP contribution >= 0.6 is 0 Å². The molecule has 0 aliphatic carbocycles. The Kier molecular flexibility index (Phi) is 4.61. The Balaban J connectivity index is 1.95. The lowest BCUT2D eigenvalue weighted by Crippen LogP contribution is -2.49. The Morgan fingerprint density at radius 3 is 2.70 bits per heavy atom. The second kappa shape index (κ2) is 6.41. The highest BCUT2D eigenvalue weighted by atomic mass is 16.6. The van der Waals surface area contributed by atoms with Crippen LogP contribution < -0.4 is 0 Å². The normalized spacial score (nSPS) is 22.4. The summed E-state index contributed by atoms with van der Waals surface area (Å²) in [5.41, 5.74) is 0.887. The Morgan fingerprint density at radius 1 is 1.35 bits per heavy atom. The van der Waals surface area contributed by atoms with E-state index in [9.17, 15) is 14.7 Å². The van der Waals surface area contributed by atoms with Crippen molar-refractivity contribution < 1.29 is 19.4 Å².